The Morgan fingerprint density at radius 2 is 1.84 bits per heavy atom. The molecule has 6 nitrogen and oxygen atoms in total. The van der Waals surface area contributed by atoms with Crippen LogP contribution in [0.4, 0.5) is 4.39 Å². The average molecular weight is 348 g/mol. The van der Waals surface area contributed by atoms with Crippen LogP contribution < -0.4 is 10.6 Å². The molecule has 25 heavy (non-hydrogen) atoms. The van der Waals surface area contributed by atoms with E-state index in [0.717, 1.165) is 0 Å². The maximum Gasteiger partial charge on any atom is 0.326 e. The number of hydrogen-bond donors (Lipinski definition) is 3. The minimum Gasteiger partial charge on any atom is -0.480 e. The Morgan fingerprint density at radius 3 is 2.36 bits per heavy atom. The van der Waals surface area contributed by atoms with Gasteiger partial charge in [0.15, 0.2) is 0 Å². The van der Waals surface area contributed by atoms with E-state index in [1.165, 1.54) is 31.2 Å². The molecule has 0 saturated heterocycles. The second-order valence-corrected chi connectivity index (χ2v) is 5.58. The standard InChI is InChI=1S/C18H21FN2O4/c1-3-4-5-6-15(18(24)25)21-17(23)16(20-12(2)22)11-13-7-9-14(19)10-8-13/h1,7-10,15-16H,4-6,11H2,2H3,(H,20,22)(H,21,23)(H,24,25)/t15-,16+/m0/s1. The molecule has 0 aromatic heterocycles. The molecular weight excluding hydrogens is 327 g/mol. The number of carboxylic acids is 1. The van der Waals surface area contributed by atoms with Crippen molar-refractivity contribution < 1.29 is 23.9 Å². The molecule has 0 unspecified atom stereocenters. The number of carbonyl (C=O) groups is 3. The molecular formula is C18H21FN2O4. The van der Waals surface area contributed by atoms with Gasteiger partial charge in [-0.05, 0) is 30.5 Å². The number of unbranched alkanes of at least 4 members (excludes halogenated alkanes) is 1. The lowest BCUT2D eigenvalue weighted by Gasteiger charge is -2.21. The van der Waals surface area contributed by atoms with Crippen molar-refractivity contribution in [3.05, 3.63) is 35.6 Å². The number of halogens is 1. The molecule has 2 atom stereocenters. The molecule has 1 aromatic carbocycles. The van der Waals surface area contributed by atoms with Crippen molar-refractivity contribution in [2.24, 2.45) is 0 Å². The first-order chi connectivity index (χ1) is 11.8. The summed E-state index contributed by atoms with van der Waals surface area (Å²) in [6.45, 7) is 1.26. The van der Waals surface area contributed by atoms with E-state index in [-0.39, 0.29) is 12.8 Å². The second-order valence-electron chi connectivity index (χ2n) is 5.58. The van der Waals surface area contributed by atoms with Gasteiger partial charge in [-0.3, -0.25) is 9.59 Å². The summed E-state index contributed by atoms with van der Waals surface area (Å²) in [4.78, 5) is 35.0. The van der Waals surface area contributed by atoms with Crippen molar-refractivity contribution in [2.75, 3.05) is 0 Å². The third-order valence-corrected chi connectivity index (χ3v) is 3.48. The molecule has 2 amide bonds. The minimum atomic E-state index is -1.17. The van der Waals surface area contributed by atoms with Gasteiger partial charge in [-0.25, -0.2) is 9.18 Å². The van der Waals surface area contributed by atoms with E-state index < -0.39 is 35.7 Å². The Kier molecular flexibility index (Phi) is 8.13. The maximum atomic E-state index is 13.0. The number of amides is 2. The van der Waals surface area contributed by atoms with Crippen LogP contribution in [0.5, 0.6) is 0 Å². The topological polar surface area (TPSA) is 95.5 Å². The number of carbonyl (C=O) groups excluding carboxylic acids is 2. The fraction of sp³-hybridized carbons (Fsp3) is 0.389. The lowest BCUT2D eigenvalue weighted by Crippen LogP contribution is -2.52. The largest absolute Gasteiger partial charge is 0.480 e. The molecule has 0 saturated carbocycles. The van der Waals surface area contributed by atoms with Crippen molar-refractivity contribution in [3.8, 4) is 12.3 Å². The van der Waals surface area contributed by atoms with Crippen molar-refractivity contribution in [3.63, 3.8) is 0 Å². The highest BCUT2D eigenvalue weighted by Crippen LogP contribution is 2.08. The number of nitrogens with one attached hydrogen (secondary N) is 2. The van der Waals surface area contributed by atoms with Gasteiger partial charge in [-0.2, -0.15) is 0 Å². The number of benzene rings is 1. The minimum absolute atomic E-state index is 0.113. The van der Waals surface area contributed by atoms with Gasteiger partial charge >= 0.3 is 5.97 Å². The summed E-state index contributed by atoms with van der Waals surface area (Å²) in [6, 6.07) is 3.44. The number of rotatable bonds is 9. The predicted molar refractivity (Wildman–Crippen MR) is 90.0 cm³/mol. The number of carboxylic acid groups (broad SMARTS) is 1. The average Bonchev–Trinajstić information content (AvgIpc) is 2.54. The van der Waals surface area contributed by atoms with Gasteiger partial charge in [-0.15, -0.1) is 12.3 Å². The summed E-state index contributed by atoms with van der Waals surface area (Å²) >= 11 is 0. The molecule has 0 bridgehead atoms. The van der Waals surface area contributed by atoms with Gasteiger partial charge in [0, 0.05) is 19.8 Å². The van der Waals surface area contributed by atoms with E-state index in [1.807, 2.05) is 0 Å². The van der Waals surface area contributed by atoms with E-state index in [0.29, 0.717) is 18.4 Å². The molecule has 0 aliphatic rings. The van der Waals surface area contributed by atoms with E-state index >= 15 is 0 Å². The fourth-order valence-electron chi connectivity index (χ4n) is 2.25. The Hall–Kier alpha value is -2.88. The van der Waals surface area contributed by atoms with Crippen LogP contribution in [0.2, 0.25) is 0 Å². The summed E-state index contributed by atoms with van der Waals surface area (Å²) in [5, 5.41) is 14.1. The van der Waals surface area contributed by atoms with Crippen LogP contribution >= 0.6 is 0 Å². The zero-order valence-corrected chi connectivity index (χ0v) is 13.9. The van der Waals surface area contributed by atoms with E-state index in [1.54, 1.807) is 0 Å². The second kappa shape index (κ2) is 10.1. The molecule has 0 fully saturated rings. The molecule has 1 aromatic rings. The molecule has 3 N–H and O–H groups in total. The van der Waals surface area contributed by atoms with Gasteiger partial charge in [0.05, 0.1) is 0 Å². The molecule has 0 aliphatic heterocycles. The lowest BCUT2D eigenvalue weighted by molar-refractivity contribution is -0.142. The van der Waals surface area contributed by atoms with Crippen LogP contribution in [0.3, 0.4) is 0 Å². The molecule has 0 heterocycles. The summed E-state index contributed by atoms with van der Waals surface area (Å²) in [7, 11) is 0. The summed E-state index contributed by atoms with van der Waals surface area (Å²) in [6.07, 6.45) is 6.30. The lowest BCUT2D eigenvalue weighted by atomic mass is 10.0. The molecule has 1 rings (SSSR count). The van der Waals surface area contributed by atoms with E-state index in [2.05, 4.69) is 16.6 Å². The first-order valence-electron chi connectivity index (χ1n) is 7.81. The van der Waals surface area contributed by atoms with Gasteiger partial charge in [0.25, 0.3) is 0 Å². The molecule has 0 radical (unpaired) electrons. The van der Waals surface area contributed by atoms with Crippen LogP contribution in [0, 0.1) is 18.2 Å². The molecule has 7 heteroatoms. The van der Waals surface area contributed by atoms with Gasteiger partial charge in [0.1, 0.15) is 17.9 Å². The predicted octanol–water partition coefficient (Wildman–Crippen LogP) is 1.25. The Labute approximate surface area is 145 Å². The number of terminal acetylenes is 1. The number of hydrogen-bond acceptors (Lipinski definition) is 3. The van der Waals surface area contributed by atoms with Gasteiger partial charge in [-0.1, -0.05) is 12.1 Å². The van der Waals surface area contributed by atoms with Crippen molar-refractivity contribution in [2.45, 2.75) is 44.7 Å². The Morgan fingerprint density at radius 1 is 1.20 bits per heavy atom. The monoisotopic (exact) mass is 348 g/mol. The zero-order valence-electron chi connectivity index (χ0n) is 13.9. The fourth-order valence-corrected chi connectivity index (χ4v) is 2.25. The quantitative estimate of drug-likeness (QED) is 0.462. The van der Waals surface area contributed by atoms with E-state index in [4.69, 9.17) is 6.42 Å². The Balaban J connectivity index is 2.80. The Bertz CT molecular complexity index is 652. The normalized spacial score (nSPS) is 12.5. The van der Waals surface area contributed by atoms with Crippen LogP contribution in [0.1, 0.15) is 31.7 Å². The van der Waals surface area contributed by atoms with E-state index in [9.17, 15) is 23.9 Å². The number of aliphatic carboxylic acids is 1. The third-order valence-electron chi connectivity index (χ3n) is 3.48. The van der Waals surface area contributed by atoms with Crippen LogP contribution in [0.25, 0.3) is 0 Å². The molecule has 134 valence electrons. The first kappa shape index (κ1) is 20.2. The smallest absolute Gasteiger partial charge is 0.326 e. The summed E-state index contributed by atoms with van der Waals surface area (Å²) in [5.41, 5.74) is 0.634. The van der Waals surface area contributed by atoms with Crippen LogP contribution in [0.15, 0.2) is 24.3 Å². The zero-order chi connectivity index (χ0) is 18.8. The highest BCUT2D eigenvalue weighted by molar-refractivity contribution is 5.90. The first-order valence-corrected chi connectivity index (χ1v) is 7.81. The maximum absolute atomic E-state index is 13.0. The van der Waals surface area contributed by atoms with Gasteiger partial charge < -0.3 is 15.7 Å². The van der Waals surface area contributed by atoms with Crippen molar-refractivity contribution in [1.29, 1.82) is 0 Å². The summed E-state index contributed by atoms with van der Waals surface area (Å²) < 4.78 is 13.0. The molecule has 0 spiro atoms. The van der Waals surface area contributed by atoms with Gasteiger partial charge in [0.2, 0.25) is 11.8 Å². The molecule has 0 aliphatic carbocycles. The summed E-state index contributed by atoms with van der Waals surface area (Å²) in [5.74, 6) is -0.225. The SMILES string of the molecule is C#CCCC[C@H](NC(=O)[C@@H](Cc1ccc(F)cc1)NC(C)=O)C(=O)O. The van der Waals surface area contributed by atoms with Crippen molar-refractivity contribution >= 4 is 17.8 Å². The van der Waals surface area contributed by atoms with Crippen LogP contribution in [-0.2, 0) is 20.8 Å². The third kappa shape index (κ3) is 7.48. The highest BCUT2D eigenvalue weighted by Gasteiger charge is 2.25. The van der Waals surface area contributed by atoms with Crippen molar-refractivity contribution in [1.82, 2.24) is 10.6 Å². The van der Waals surface area contributed by atoms with Crippen LogP contribution in [-0.4, -0.2) is 35.0 Å². The highest BCUT2D eigenvalue weighted by atomic mass is 19.1.